The highest BCUT2D eigenvalue weighted by atomic mass is 32.2. The fraction of sp³-hybridized carbons (Fsp3) is 0.235. The number of aromatic nitrogens is 1. The van der Waals surface area contributed by atoms with Crippen LogP contribution in [0.4, 0.5) is 11.4 Å². The Morgan fingerprint density at radius 1 is 1.17 bits per heavy atom. The summed E-state index contributed by atoms with van der Waals surface area (Å²) in [6, 6.07) is 11.6. The Balaban J connectivity index is 1.93. The number of pyridine rings is 1. The molecule has 0 bridgehead atoms. The summed E-state index contributed by atoms with van der Waals surface area (Å²) in [5.74, 6) is 0. The lowest BCUT2D eigenvalue weighted by molar-refractivity contribution is 0.114. The molecule has 1 aromatic heterocycles. The molecule has 0 spiro atoms. The van der Waals surface area contributed by atoms with E-state index in [0.717, 1.165) is 39.3 Å². The highest BCUT2D eigenvalue weighted by molar-refractivity contribution is 7.92. The number of hydrogen-bond donors (Lipinski definition) is 1. The normalized spacial score (nSPS) is 14.8. The van der Waals surface area contributed by atoms with Crippen LogP contribution in [0, 0.1) is 0 Å². The second kappa shape index (κ2) is 5.32. The lowest BCUT2D eigenvalue weighted by Gasteiger charge is -2.28. The third-order valence-electron chi connectivity index (χ3n) is 4.11. The Morgan fingerprint density at radius 2 is 1.96 bits per heavy atom. The van der Waals surface area contributed by atoms with Gasteiger partial charge in [0.1, 0.15) is 6.73 Å². The van der Waals surface area contributed by atoms with Gasteiger partial charge in [-0.05, 0) is 24.3 Å². The van der Waals surface area contributed by atoms with Crippen LogP contribution in [0.15, 0.2) is 36.4 Å². The number of benzene rings is 2. The minimum absolute atomic E-state index is 0.509. The molecule has 24 heavy (non-hydrogen) atoms. The van der Waals surface area contributed by atoms with Crippen LogP contribution < -0.4 is 9.62 Å². The van der Waals surface area contributed by atoms with Crippen LogP contribution in [0.2, 0.25) is 0 Å². The average molecular weight is 343 g/mol. The van der Waals surface area contributed by atoms with Crippen molar-refractivity contribution in [1.29, 1.82) is 0 Å². The second-order valence-electron chi connectivity index (χ2n) is 6.08. The average Bonchev–Trinajstić information content (AvgIpc) is 2.52. The minimum atomic E-state index is -3.31. The van der Waals surface area contributed by atoms with Gasteiger partial charge in [0, 0.05) is 29.1 Å². The van der Waals surface area contributed by atoms with E-state index in [9.17, 15) is 8.42 Å². The molecule has 1 N–H and O–H groups in total. The predicted molar refractivity (Wildman–Crippen MR) is 95.8 cm³/mol. The van der Waals surface area contributed by atoms with Gasteiger partial charge >= 0.3 is 0 Å². The quantitative estimate of drug-likeness (QED) is 0.724. The van der Waals surface area contributed by atoms with Crippen LogP contribution in [-0.4, -0.2) is 33.4 Å². The Bertz CT molecular complexity index is 1060. The molecule has 3 aromatic rings. The van der Waals surface area contributed by atoms with Gasteiger partial charge in [0.2, 0.25) is 10.0 Å². The molecule has 0 amide bonds. The van der Waals surface area contributed by atoms with E-state index in [1.165, 1.54) is 0 Å². The van der Waals surface area contributed by atoms with E-state index in [1.54, 1.807) is 12.1 Å². The maximum absolute atomic E-state index is 11.4. The van der Waals surface area contributed by atoms with E-state index in [1.807, 2.05) is 18.0 Å². The van der Waals surface area contributed by atoms with Crippen LogP contribution in [0.1, 0.15) is 5.56 Å². The molecule has 0 radical (unpaired) electrons. The van der Waals surface area contributed by atoms with E-state index in [0.29, 0.717) is 19.0 Å². The third kappa shape index (κ3) is 2.65. The molecular formula is C17H17N3O3S. The predicted octanol–water partition coefficient (Wildman–Crippen LogP) is 2.68. The summed E-state index contributed by atoms with van der Waals surface area (Å²) in [6.45, 7) is 1.09. The number of hydrogen-bond acceptors (Lipinski definition) is 5. The molecule has 0 unspecified atom stereocenters. The Kier molecular flexibility index (Phi) is 3.36. The molecule has 6 nitrogen and oxygen atoms in total. The first-order valence-corrected chi connectivity index (χ1v) is 9.43. The van der Waals surface area contributed by atoms with Crippen molar-refractivity contribution in [1.82, 2.24) is 4.98 Å². The van der Waals surface area contributed by atoms with Crippen molar-refractivity contribution >= 4 is 43.2 Å². The molecule has 2 heterocycles. The maximum atomic E-state index is 11.4. The van der Waals surface area contributed by atoms with Crippen molar-refractivity contribution in [3.8, 4) is 0 Å². The van der Waals surface area contributed by atoms with Crippen molar-refractivity contribution < 1.29 is 13.2 Å². The van der Waals surface area contributed by atoms with Crippen molar-refractivity contribution in [3.05, 3.63) is 42.0 Å². The summed E-state index contributed by atoms with van der Waals surface area (Å²) in [4.78, 5) is 6.82. The van der Waals surface area contributed by atoms with Gasteiger partial charge in [-0.25, -0.2) is 13.4 Å². The van der Waals surface area contributed by atoms with Crippen LogP contribution in [-0.2, 0) is 21.4 Å². The van der Waals surface area contributed by atoms with Crippen molar-refractivity contribution in [2.75, 3.05) is 29.7 Å². The summed E-state index contributed by atoms with van der Waals surface area (Å²) in [5, 5.41) is 2.01. The fourth-order valence-corrected chi connectivity index (χ4v) is 3.63. The molecule has 0 aliphatic carbocycles. The summed E-state index contributed by atoms with van der Waals surface area (Å²) in [5.41, 5.74) is 4.33. The first-order chi connectivity index (χ1) is 11.4. The van der Waals surface area contributed by atoms with Gasteiger partial charge in [0.25, 0.3) is 0 Å². The molecular weight excluding hydrogens is 326 g/mol. The Labute approximate surface area is 140 Å². The first-order valence-electron chi connectivity index (χ1n) is 7.54. The van der Waals surface area contributed by atoms with Gasteiger partial charge in [-0.2, -0.15) is 0 Å². The van der Waals surface area contributed by atoms with E-state index in [2.05, 4.69) is 22.9 Å². The number of anilines is 2. The third-order valence-corrected chi connectivity index (χ3v) is 4.72. The smallest absolute Gasteiger partial charge is 0.229 e. The number of nitrogens with zero attached hydrogens (tertiary/aromatic N) is 2. The zero-order valence-corrected chi connectivity index (χ0v) is 14.2. The van der Waals surface area contributed by atoms with Crippen molar-refractivity contribution in [2.24, 2.45) is 0 Å². The van der Waals surface area contributed by atoms with Crippen LogP contribution in [0.25, 0.3) is 21.8 Å². The highest BCUT2D eigenvalue weighted by Crippen LogP contribution is 2.33. The molecule has 1 aliphatic rings. The first kappa shape index (κ1) is 15.2. The molecule has 124 valence electrons. The van der Waals surface area contributed by atoms with E-state index in [-0.39, 0.29) is 0 Å². The maximum Gasteiger partial charge on any atom is 0.229 e. The van der Waals surface area contributed by atoms with Crippen LogP contribution >= 0.6 is 0 Å². The number of sulfonamides is 1. The molecule has 4 rings (SSSR count). The zero-order valence-electron chi connectivity index (χ0n) is 13.4. The molecule has 2 aromatic carbocycles. The summed E-state index contributed by atoms with van der Waals surface area (Å²) < 4.78 is 30.9. The summed E-state index contributed by atoms with van der Waals surface area (Å²) in [6.07, 6.45) is 1.13. The largest absolute Gasteiger partial charge is 0.356 e. The number of fused-ring (bicyclic) bond motifs is 4. The fourth-order valence-electron chi connectivity index (χ4n) is 3.07. The van der Waals surface area contributed by atoms with E-state index < -0.39 is 10.0 Å². The van der Waals surface area contributed by atoms with Crippen molar-refractivity contribution in [3.63, 3.8) is 0 Å². The SMILES string of the molecule is CN1COCc2c1ccc1cc3ccc(NS(C)(=O)=O)cc3nc21. The minimum Gasteiger partial charge on any atom is -0.356 e. The molecule has 0 atom stereocenters. The van der Waals surface area contributed by atoms with Crippen molar-refractivity contribution in [2.45, 2.75) is 6.61 Å². The summed E-state index contributed by atoms with van der Waals surface area (Å²) in [7, 11) is -1.33. The lowest BCUT2D eigenvalue weighted by atomic mass is 10.0. The molecule has 1 aliphatic heterocycles. The standard InChI is InChI=1S/C17H17N3O3S/c1-20-10-23-9-14-16(20)6-4-12-7-11-3-5-13(19-24(2,21)22)8-15(11)18-17(12)14/h3-8,19H,9-10H2,1-2H3. The van der Waals surface area contributed by atoms with E-state index >= 15 is 0 Å². The van der Waals surface area contributed by atoms with Gasteiger partial charge in [-0.15, -0.1) is 0 Å². The van der Waals surface area contributed by atoms with Gasteiger partial charge in [-0.1, -0.05) is 12.1 Å². The number of rotatable bonds is 2. The molecule has 0 saturated carbocycles. The number of ether oxygens (including phenoxy) is 1. The molecule has 0 fully saturated rings. The van der Waals surface area contributed by atoms with Gasteiger partial charge in [0.05, 0.1) is 29.6 Å². The monoisotopic (exact) mass is 343 g/mol. The number of nitrogens with one attached hydrogen (secondary N) is 1. The zero-order chi connectivity index (χ0) is 16.9. The summed E-state index contributed by atoms with van der Waals surface area (Å²) >= 11 is 0. The highest BCUT2D eigenvalue weighted by Gasteiger charge is 2.18. The van der Waals surface area contributed by atoms with Gasteiger partial charge < -0.3 is 9.64 Å². The lowest BCUT2D eigenvalue weighted by Crippen LogP contribution is -2.26. The van der Waals surface area contributed by atoms with E-state index in [4.69, 9.17) is 9.72 Å². The van der Waals surface area contributed by atoms with Gasteiger partial charge in [0.15, 0.2) is 0 Å². The van der Waals surface area contributed by atoms with Crippen LogP contribution in [0.3, 0.4) is 0 Å². The van der Waals surface area contributed by atoms with Gasteiger partial charge in [-0.3, -0.25) is 4.72 Å². The Morgan fingerprint density at radius 3 is 2.75 bits per heavy atom. The molecule has 0 saturated heterocycles. The topological polar surface area (TPSA) is 71.5 Å². The second-order valence-corrected chi connectivity index (χ2v) is 7.83. The Hall–Kier alpha value is -2.38. The van der Waals surface area contributed by atoms with Crippen LogP contribution in [0.5, 0.6) is 0 Å². The molecule has 7 heteroatoms.